The Labute approximate surface area is 150 Å². The van der Waals surface area contributed by atoms with Crippen molar-refractivity contribution in [2.45, 2.75) is 19.0 Å². The first kappa shape index (κ1) is 17.8. The molecule has 0 radical (unpaired) electrons. The van der Waals surface area contributed by atoms with Crippen LogP contribution in [0.2, 0.25) is 0 Å². The van der Waals surface area contributed by atoms with Crippen molar-refractivity contribution >= 4 is 11.8 Å². The van der Waals surface area contributed by atoms with Crippen LogP contribution in [0.15, 0.2) is 48.5 Å². The number of hydrogen-bond acceptors (Lipinski definition) is 5. The molecule has 3 N–H and O–H groups in total. The van der Waals surface area contributed by atoms with Gasteiger partial charge in [-0.15, -0.1) is 0 Å². The first-order valence-electron chi connectivity index (χ1n) is 8.26. The van der Waals surface area contributed by atoms with E-state index in [1.165, 1.54) is 0 Å². The van der Waals surface area contributed by atoms with E-state index in [1.807, 2.05) is 30.3 Å². The van der Waals surface area contributed by atoms with Crippen LogP contribution in [0.5, 0.6) is 11.5 Å². The average molecular weight is 356 g/mol. The van der Waals surface area contributed by atoms with Crippen LogP contribution in [0.25, 0.3) is 0 Å². The number of ether oxygens (including phenoxy) is 2. The van der Waals surface area contributed by atoms with Gasteiger partial charge in [-0.1, -0.05) is 36.4 Å². The lowest BCUT2D eigenvalue weighted by atomic mass is 10.1. The number of rotatable bonds is 7. The molecule has 0 saturated heterocycles. The summed E-state index contributed by atoms with van der Waals surface area (Å²) in [7, 11) is 0. The number of amides is 2. The third-order valence-electron chi connectivity index (χ3n) is 3.95. The summed E-state index contributed by atoms with van der Waals surface area (Å²) in [5.41, 5.74) is 1.66. The summed E-state index contributed by atoms with van der Waals surface area (Å²) in [6, 6.07) is 13.6. The molecule has 2 aromatic carbocycles. The average Bonchev–Trinajstić information content (AvgIpc) is 3.12. The number of nitrogens with one attached hydrogen (secondary N) is 2. The molecule has 26 heavy (non-hydrogen) atoms. The van der Waals surface area contributed by atoms with Gasteiger partial charge in [0.2, 0.25) is 18.6 Å². The first-order chi connectivity index (χ1) is 12.7. The zero-order chi connectivity index (χ0) is 18.4. The van der Waals surface area contributed by atoms with Gasteiger partial charge in [0.1, 0.15) is 6.04 Å². The van der Waals surface area contributed by atoms with E-state index in [2.05, 4.69) is 10.6 Å². The highest BCUT2D eigenvalue weighted by molar-refractivity contribution is 5.88. The van der Waals surface area contributed by atoms with Crippen LogP contribution in [0.3, 0.4) is 0 Å². The molecule has 0 unspecified atom stereocenters. The molecule has 0 bridgehead atoms. The van der Waals surface area contributed by atoms with Gasteiger partial charge in [-0.2, -0.15) is 0 Å². The molecular weight excluding hydrogens is 336 g/mol. The predicted octanol–water partition coefficient (Wildman–Crippen LogP) is 0.751. The molecular formula is C19H20N2O5. The highest BCUT2D eigenvalue weighted by atomic mass is 16.7. The molecule has 0 aliphatic carbocycles. The molecule has 3 rings (SSSR count). The van der Waals surface area contributed by atoms with E-state index in [0.29, 0.717) is 18.0 Å². The lowest BCUT2D eigenvalue weighted by Gasteiger charge is -2.16. The fourth-order valence-corrected chi connectivity index (χ4v) is 2.58. The highest BCUT2D eigenvalue weighted by Crippen LogP contribution is 2.32. The fourth-order valence-electron chi connectivity index (χ4n) is 2.58. The second-order valence-corrected chi connectivity index (χ2v) is 5.87. The number of aliphatic hydroxyl groups excluding tert-OH is 1. The van der Waals surface area contributed by atoms with Crippen molar-refractivity contribution in [3.8, 4) is 11.5 Å². The van der Waals surface area contributed by atoms with E-state index in [-0.39, 0.29) is 19.1 Å². The molecule has 136 valence electrons. The lowest BCUT2D eigenvalue weighted by Crippen LogP contribution is -2.49. The Bertz CT molecular complexity index is 779. The summed E-state index contributed by atoms with van der Waals surface area (Å²) in [6.45, 7) is 0.0147. The first-order valence-corrected chi connectivity index (χ1v) is 8.26. The van der Waals surface area contributed by atoms with E-state index in [1.54, 1.807) is 18.2 Å². The van der Waals surface area contributed by atoms with Crippen LogP contribution in [0.4, 0.5) is 0 Å². The Morgan fingerprint density at radius 1 is 1.04 bits per heavy atom. The maximum Gasteiger partial charge on any atom is 0.245 e. The summed E-state index contributed by atoms with van der Waals surface area (Å²) in [5, 5.41) is 14.7. The minimum atomic E-state index is -1.000. The zero-order valence-corrected chi connectivity index (χ0v) is 14.1. The molecule has 2 amide bonds. The Kier molecular flexibility index (Phi) is 5.70. The van der Waals surface area contributed by atoms with Gasteiger partial charge in [-0.25, -0.2) is 0 Å². The number of benzene rings is 2. The number of hydrogen-bond donors (Lipinski definition) is 3. The SMILES string of the molecule is O=C(Cc1ccc2c(c1)OCO2)N[C@@H](CO)C(=O)NCc1ccccc1. The molecule has 1 atom stereocenters. The quantitative estimate of drug-likeness (QED) is 0.680. The highest BCUT2D eigenvalue weighted by Gasteiger charge is 2.20. The lowest BCUT2D eigenvalue weighted by molar-refractivity contribution is -0.129. The molecule has 0 fully saturated rings. The van der Waals surface area contributed by atoms with Crippen molar-refractivity contribution in [1.82, 2.24) is 10.6 Å². The van der Waals surface area contributed by atoms with Crippen molar-refractivity contribution < 1.29 is 24.2 Å². The van der Waals surface area contributed by atoms with Crippen molar-refractivity contribution in [3.05, 3.63) is 59.7 Å². The van der Waals surface area contributed by atoms with Crippen LogP contribution in [0.1, 0.15) is 11.1 Å². The molecule has 1 aliphatic rings. The monoisotopic (exact) mass is 356 g/mol. The van der Waals surface area contributed by atoms with E-state index >= 15 is 0 Å². The van der Waals surface area contributed by atoms with Crippen LogP contribution < -0.4 is 20.1 Å². The van der Waals surface area contributed by atoms with Gasteiger partial charge in [-0.05, 0) is 23.3 Å². The van der Waals surface area contributed by atoms with Crippen LogP contribution in [0, 0.1) is 0 Å². The maximum atomic E-state index is 12.2. The van der Waals surface area contributed by atoms with Gasteiger partial charge in [-0.3, -0.25) is 9.59 Å². The van der Waals surface area contributed by atoms with E-state index < -0.39 is 18.6 Å². The summed E-state index contributed by atoms with van der Waals surface area (Å²) in [4.78, 5) is 24.4. The molecule has 1 heterocycles. The van der Waals surface area contributed by atoms with Crippen molar-refractivity contribution in [1.29, 1.82) is 0 Å². The van der Waals surface area contributed by atoms with Gasteiger partial charge < -0.3 is 25.2 Å². The van der Waals surface area contributed by atoms with Crippen LogP contribution >= 0.6 is 0 Å². The predicted molar refractivity (Wildman–Crippen MR) is 93.6 cm³/mol. The van der Waals surface area contributed by atoms with Gasteiger partial charge >= 0.3 is 0 Å². The van der Waals surface area contributed by atoms with Crippen molar-refractivity contribution in [2.75, 3.05) is 13.4 Å². The third-order valence-corrected chi connectivity index (χ3v) is 3.95. The standard InChI is InChI=1S/C19H20N2O5/c22-11-15(19(24)20-10-13-4-2-1-3-5-13)21-18(23)9-14-6-7-16-17(8-14)26-12-25-16/h1-8,15,22H,9-12H2,(H,20,24)(H,21,23)/t15-/m0/s1. The molecule has 0 saturated carbocycles. The number of fused-ring (bicyclic) bond motifs is 1. The molecule has 7 heteroatoms. The molecule has 2 aromatic rings. The Morgan fingerprint density at radius 3 is 2.58 bits per heavy atom. The van der Waals surface area contributed by atoms with Crippen molar-refractivity contribution in [3.63, 3.8) is 0 Å². The van der Waals surface area contributed by atoms with Gasteiger partial charge in [0, 0.05) is 6.54 Å². The van der Waals surface area contributed by atoms with Gasteiger partial charge in [0.05, 0.1) is 13.0 Å². The Morgan fingerprint density at radius 2 is 1.81 bits per heavy atom. The zero-order valence-electron chi connectivity index (χ0n) is 14.1. The molecule has 0 spiro atoms. The second-order valence-electron chi connectivity index (χ2n) is 5.87. The number of carbonyl (C=O) groups is 2. The van der Waals surface area contributed by atoms with E-state index in [4.69, 9.17) is 9.47 Å². The van der Waals surface area contributed by atoms with Crippen LogP contribution in [-0.4, -0.2) is 36.4 Å². The Hall–Kier alpha value is -3.06. The summed E-state index contributed by atoms with van der Waals surface area (Å²) < 4.78 is 10.5. The normalized spacial score (nSPS) is 13.1. The minimum absolute atomic E-state index is 0.0686. The van der Waals surface area contributed by atoms with Crippen LogP contribution in [-0.2, 0) is 22.6 Å². The Balaban J connectivity index is 1.52. The summed E-state index contributed by atoms with van der Waals surface area (Å²) in [5.74, 6) is 0.436. The number of carbonyl (C=O) groups excluding carboxylic acids is 2. The summed E-state index contributed by atoms with van der Waals surface area (Å²) in [6.07, 6.45) is 0.0686. The maximum absolute atomic E-state index is 12.2. The molecule has 0 aromatic heterocycles. The minimum Gasteiger partial charge on any atom is -0.454 e. The molecule has 7 nitrogen and oxygen atoms in total. The van der Waals surface area contributed by atoms with E-state index in [9.17, 15) is 14.7 Å². The largest absolute Gasteiger partial charge is 0.454 e. The van der Waals surface area contributed by atoms with Crippen molar-refractivity contribution in [2.24, 2.45) is 0 Å². The van der Waals surface area contributed by atoms with Gasteiger partial charge in [0.15, 0.2) is 11.5 Å². The fraction of sp³-hybridized carbons (Fsp3) is 0.263. The topological polar surface area (TPSA) is 96.9 Å². The molecule has 1 aliphatic heterocycles. The van der Waals surface area contributed by atoms with Gasteiger partial charge in [0.25, 0.3) is 0 Å². The second kappa shape index (κ2) is 8.35. The third kappa shape index (κ3) is 4.52. The summed E-state index contributed by atoms with van der Waals surface area (Å²) >= 11 is 0. The van der Waals surface area contributed by atoms with E-state index in [0.717, 1.165) is 11.1 Å². The smallest absolute Gasteiger partial charge is 0.245 e. The number of aliphatic hydroxyl groups is 1.